The molecule has 1 aromatic rings. The van der Waals surface area contributed by atoms with E-state index in [1.165, 1.54) is 33.3 Å². The molecule has 3 saturated carbocycles. The van der Waals surface area contributed by atoms with E-state index in [2.05, 4.69) is 0 Å². The third kappa shape index (κ3) is 14.2. The summed E-state index contributed by atoms with van der Waals surface area (Å²) in [4.78, 5) is 13.7. The zero-order valence-corrected chi connectivity index (χ0v) is 59.5. The van der Waals surface area contributed by atoms with Crippen LogP contribution in [0.5, 0.6) is 0 Å². The molecule has 0 radical (unpaired) electrons. The van der Waals surface area contributed by atoms with Gasteiger partial charge in [-0.2, -0.15) is 0 Å². The summed E-state index contributed by atoms with van der Waals surface area (Å²) in [6.45, 7) is 13.2. The van der Waals surface area contributed by atoms with Crippen LogP contribution in [0.4, 0.5) is 0 Å². The van der Waals surface area contributed by atoms with Crippen molar-refractivity contribution in [2.24, 2.45) is 16.7 Å². The van der Waals surface area contributed by atoms with E-state index in [4.69, 9.17) is 85.3 Å². The van der Waals surface area contributed by atoms with E-state index in [-0.39, 0.29) is 51.4 Å². The number of methoxy groups -OCH3 is 5. The lowest BCUT2D eigenvalue weighted by Gasteiger charge is -2.68. The second-order valence-electron chi connectivity index (χ2n) is 29.8. The highest BCUT2D eigenvalue weighted by atomic mass is 16.8. The first-order valence-electron chi connectivity index (χ1n) is 35.4. The highest BCUT2D eigenvalue weighted by Crippen LogP contribution is 2.71. The Balaban J connectivity index is 0.667. The molecule has 0 aromatic heterocycles. The molecule has 6 saturated heterocycles. The second-order valence-corrected chi connectivity index (χ2v) is 29.8. The molecule has 100 heavy (non-hydrogen) atoms. The number of rotatable bonds is 22. The summed E-state index contributed by atoms with van der Waals surface area (Å²) in [5, 5.41) is 115. The predicted molar refractivity (Wildman–Crippen MR) is 347 cm³/mol. The summed E-state index contributed by atoms with van der Waals surface area (Å²) in [5.74, 6) is -1.61. The Morgan fingerprint density at radius 3 is 1.53 bits per heavy atom. The Morgan fingerprint density at radius 2 is 1.04 bits per heavy atom. The van der Waals surface area contributed by atoms with E-state index in [1.807, 2.05) is 58.0 Å². The zero-order valence-electron chi connectivity index (χ0n) is 59.5. The predicted octanol–water partition coefficient (Wildman–Crippen LogP) is 1.33. The molecule has 1 aromatic carbocycles. The molecule has 6 heterocycles. The second kappa shape index (κ2) is 31.1. The third-order valence-corrected chi connectivity index (χ3v) is 24.4. The highest BCUT2D eigenvalue weighted by molar-refractivity contribution is 5.87. The summed E-state index contributed by atoms with van der Waals surface area (Å²) in [6, 6.07) is 9.18. The Labute approximate surface area is 584 Å². The molecule has 0 bridgehead atoms. The van der Waals surface area contributed by atoms with Crippen LogP contribution in [-0.2, 0) is 90.1 Å². The number of benzene rings is 1. The maximum Gasteiger partial charge on any atom is 0.331 e. The minimum Gasteiger partial charge on any atom is -0.458 e. The number of aliphatic hydroxyl groups excluding tert-OH is 6. The molecule has 11 rings (SSSR count). The molecule has 29 heteroatoms. The van der Waals surface area contributed by atoms with Crippen molar-refractivity contribution in [1.82, 2.24) is 0 Å². The van der Waals surface area contributed by atoms with Crippen LogP contribution in [0.15, 0.2) is 48.6 Å². The number of aliphatic hydroxyl groups is 10. The number of ether oxygens (including phenoxy) is 18. The van der Waals surface area contributed by atoms with Gasteiger partial charge in [0.15, 0.2) is 37.7 Å². The minimum absolute atomic E-state index is 0.0461. The standard InChI is InChI=1S/C71H110O29/c1-34-58(42(83-9)27-50(88-34)93-41-21-22-66(7)47-31-48(95-49(74)20-19-40-17-15-14-16-18-40)67(8)69(80,39(6)73)25-26-71(67,82)70(47,81)24-23-68(66,79)32-41)96-51-28-43(84-10)59(35(2)89-51)97-52-29-44(85-11)61(37(4)90-52)100-65-57(78)63(87-13)62(38(5)92-65)98-53-30-45(86-12)60(36(3)91-53)99-64-56(77)55(76)54(75)46(33-72)94-64/h14-20,23-24,34-39,41-48,50-65,72-73,75-82H,21-22,25-33H2,1-13H3. The average molecular weight is 1430 g/mol. The van der Waals surface area contributed by atoms with Crippen molar-refractivity contribution in [3.05, 3.63) is 54.1 Å². The number of carbonyl (C=O) groups is 1. The van der Waals surface area contributed by atoms with E-state index in [9.17, 15) is 55.9 Å². The molecule has 568 valence electrons. The van der Waals surface area contributed by atoms with Crippen molar-refractivity contribution >= 4 is 12.0 Å². The van der Waals surface area contributed by atoms with Gasteiger partial charge < -0.3 is 136 Å². The Morgan fingerprint density at radius 1 is 0.560 bits per heavy atom. The lowest BCUT2D eigenvalue weighted by atomic mass is 9.41. The van der Waals surface area contributed by atoms with Crippen LogP contribution in [0.25, 0.3) is 6.08 Å². The summed E-state index contributed by atoms with van der Waals surface area (Å²) in [7, 11) is 7.63. The summed E-state index contributed by atoms with van der Waals surface area (Å²) < 4.78 is 113. The Kier molecular flexibility index (Phi) is 24.3. The maximum atomic E-state index is 13.7. The molecule has 6 aliphatic heterocycles. The van der Waals surface area contributed by atoms with Crippen molar-refractivity contribution in [2.45, 2.75) is 320 Å². The molecule has 0 spiro atoms. The van der Waals surface area contributed by atoms with Crippen LogP contribution in [0, 0.1) is 16.7 Å². The normalized spacial score (nSPS) is 50.9. The molecular formula is C71H110O29. The van der Waals surface area contributed by atoms with Crippen LogP contribution >= 0.6 is 0 Å². The fourth-order valence-corrected chi connectivity index (χ4v) is 18.4. The minimum atomic E-state index is -2.11. The first-order chi connectivity index (χ1) is 47.4. The van der Waals surface area contributed by atoms with Crippen LogP contribution in [0.2, 0.25) is 0 Å². The van der Waals surface area contributed by atoms with Crippen molar-refractivity contribution in [2.75, 3.05) is 42.2 Å². The van der Waals surface area contributed by atoms with Crippen molar-refractivity contribution in [1.29, 1.82) is 0 Å². The monoisotopic (exact) mass is 1430 g/mol. The van der Waals surface area contributed by atoms with Crippen molar-refractivity contribution in [3.8, 4) is 0 Å². The van der Waals surface area contributed by atoms with E-state index >= 15 is 0 Å². The van der Waals surface area contributed by atoms with Gasteiger partial charge in [0.2, 0.25) is 0 Å². The Bertz CT molecular complexity index is 2910. The molecule has 4 aliphatic carbocycles. The smallest absolute Gasteiger partial charge is 0.331 e. The van der Waals surface area contributed by atoms with Crippen LogP contribution in [0.3, 0.4) is 0 Å². The van der Waals surface area contributed by atoms with Gasteiger partial charge in [-0.05, 0) is 85.3 Å². The van der Waals surface area contributed by atoms with Gasteiger partial charge in [-0.25, -0.2) is 4.79 Å². The average Bonchev–Trinajstić information content (AvgIpc) is 1.35. The van der Waals surface area contributed by atoms with Gasteiger partial charge in [-0.15, -0.1) is 0 Å². The summed E-state index contributed by atoms with van der Waals surface area (Å²) >= 11 is 0. The van der Waals surface area contributed by atoms with Crippen LogP contribution in [0.1, 0.15) is 125 Å². The summed E-state index contributed by atoms with van der Waals surface area (Å²) in [6.07, 6.45) is -19.3. The molecule has 10 aliphatic rings. The molecule has 36 atom stereocenters. The van der Waals surface area contributed by atoms with E-state index in [1.54, 1.807) is 54.3 Å². The summed E-state index contributed by atoms with van der Waals surface area (Å²) in [5.41, 5.74) is -9.78. The lowest BCUT2D eigenvalue weighted by molar-refractivity contribution is -0.372. The highest BCUT2D eigenvalue weighted by Gasteiger charge is 2.82. The van der Waals surface area contributed by atoms with Gasteiger partial charge in [0.1, 0.15) is 90.1 Å². The largest absolute Gasteiger partial charge is 0.458 e. The third-order valence-electron chi connectivity index (χ3n) is 24.4. The van der Waals surface area contributed by atoms with E-state index in [0.717, 1.165) is 5.56 Å². The maximum absolute atomic E-state index is 13.7. The molecule has 10 N–H and O–H groups in total. The lowest BCUT2D eigenvalue weighted by Crippen LogP contribution is -2.80. The van der Waals surface area contributed by atoms with Gasteiger partial charge in [0.05, 0.1) is 84.8 Å². The zero-order chi connectivity index (χ0) is 72.3. The van der Waals surface area contributed by atoms with Crippen LogP contribution in [-0.4, -0.2) is 300 Å². The van der Waals surface area contributed by atoms with Gasteiger partial charge >= 0.3 is 5.97 Å². The topological polar surface area (TPSA) is 386 Å². The Hall–Kier alpha value is -2.91. The number of hydrogen-bond acceptors (Lipinski definition) is 29. The first-order valence-corrected chi connectivity index (χ1v) is 35.4. The van der Waals surface area contributed by atoms with E-state index < -0.39 is 230 Å². The number of esters is 1. The molecule has 9 fully saturated rings. The van der Waals surface area contributed by atoms with E-state index in [0.29, 0.717) is 12.8 Å². The first kappa shape index (κ1) is 78.2. The number of fused-ring (bicyclic) bond motifs is 5. The number of hydrogen-bond donors (Lipinski definition) is 10. The van der Waals surface area contributed by atoms with Gasteiger partial charge in [0.25, 0.3) is 0 Å². The molecule has 29 nitrogen and oxygen atoms in total. The molecule has 0 amide bonds. The van der Waals surface area contributed by atoms with Gasteiger partial charge in [0, 0.05) is 85.1 Å². The fourth-order valence-electron chi connectivity index (χ4n) is 18.4. The molecule has 36 unspecified atom stereocenters. The van der Waals surface area contributed by atoms with Crippen LogP contribution < -0.4 is 0 Å². The molecular weight excluding hydrogens is 1320 g/mol. The van der Waals surface area contributed by atoms with Crippen molar-refractivity contribution in [3.63, 3.8) is 0 Å². The SMILES string of the molecule is COC1CC(OC2CCC3(C)C4CC(OC(=O)C=Cc5ccccc5)C5(C)C(O)(C(C)O)CCC5(O)C4(O)C=CC3(O)C2)OC(C)C1OC1CC(OC)C(OC2CC(OC)C(OC3OC(C)C(OC4CC(OC)C(OC5OC(CO)C(O)C(O)C5O)C(C)O4)C(OC)C3O)C(C)O2)C(C)O1. The van der Waals surface area contributed by atoms with Gasteiger partial charge in [-0.1, -0.05) is 56.3 Å². The fraction of sp³-hybridized carbons (Fsp3) is 0.845. The van der Waals surface area contributed by atoms with Gasteiger partial charge in [-0.3, -0.25) is 0 Å². The number of carbonyl (C=O) groups excluding carboxylic acids is 1. The van der Waals surface area contributed by atoms with Crippen molar-refractivity contribution < 1.29 is 141 Å². The quantitative estimate of drug-likeness (QED) is 0.0445.